The molecule has 4 heteroatoms. The number of aromatic nitrogens is 4. The molecule has 16 heavy (non-hydrogen) atoms. The molecule has 2 heterocycles. The Morgan fingerprint density at radius 3 is 2.62 bits per heavy atom. The van der Waals surface area contributed by atoms with E-state index in [9.17, 15) is 0 Å². The Bertz CT molecular complexity index is 622. The number of para-hydroxylation sites is 1. The molecule has 0 atom stereocenters. The first-order valence-electron chi connectivity index (χ1n) is 4.94. The molecule has 0 aliphatic carbocycles. The second-order valence-electron chi connectivity index (χ2n) is 3.40. The van der Waals surface area contributed by atoms with Crippen LogP contribution in [0.5, 0.6) is 0 Å². The molecule has 0 aliphatic heterocycles. The van der Waals surface area contributed by atoms with Gasteiger partial charge in [-0.15, -0.1) is 10.2 Å². The Morgan fingerprint density at radius 2 is 1.75 bits per heavy atom. The summed E-state index contributed by atoms with van der Waals surface area (Å²) in [7, 11) is 0. The molecular formula is C12H8N4. The average molecular weight is 208 g/mol. The Labute approximate surface area is 92.0 Å². The molecule has 1 aromatic carbocycles. The first kappa shape index (κ1) is 8.91. The number of fused-ring (bicyclic) bond motifs is 1. The maximum atomic E-state index is 4.52. The van der Waals surface area contributed by atoms with E-state index in [1.165, 1.54) is 0 Å². The lowest BCUT2D eigenvalue weighted by molar-refractivity contribution is 0.868. The van der Waals surface area contributed by atoms with Gasteiger partial charge in [0.05, 0.1) is 17.4 Å². The molecule has 0 bridgehead atoms. The van der Waals surface area contributed by atoms with E-state index >= 15 is 0 Å². The Hall–Kier alpha value is -2.36. The van der Waals surface area contributed by atoms with Gasteiger partial charge in [-0.25, -0.2) is 4.98 Å². The molecule has 3 aromatic rings. The molecule has 4 nitrogen and oxygen atoms in total. The van der Waals surface area contributed by atoms with Gasteiger partial charge in [0.2, 0.25) is 0 Å². The monoisotopic (exact) mass is 208 g/mol. The lowest BCUT2D eigenvalue weighted by atomic mass is 10.2. The minimum Gasteiger partial charge on any atom is -0.246 e. The van der Waals surface area contributed by atoms with Crippen LogP contribution in [0.15, 0.2) is 48.7 Å². The summed E-state index contributed by atoms with van der Waals surface area (Å²) in [5, 5.41) is 12.3. The Balaban J connectivity index is 2.19. The number of hydrogen-bond acceptors (Lipinski definition) is 4. The molecule has 2 aromatic heterocycles. The van der Waals surface area contributed by atoms with Crippen LogP contribution in [0.4, 0.5) is 0 Å². The van der Waals surface area contributed by atoms with Gasteiger partial charge in [-0.1, -0.05) is 24.3 Å². The summed E-state index contributed by atoms with van der Waals surface area (Å²) in [6.45, 7) is 0. The van der Waals surface area contributed by atoms with Gasteiger partial charge in [-0.2, -0.15) is 0 Å². The van der Waals surface area contributed by atoms with Gasteiger partial charge in [0, 0.05) is 5.39 Å². The second-order valence-corrected chi connectivity index (χ2v) is 3.40. The highest BCUT2D eigenvalue weighted by Crippen LogP contribution is 2.17. The van der Waals surface area contributed by atoms with Crippen molar-refractivity contribution in [1.82, 2.24) is 20.4 Å². The van der Waals surface area contributed by atoms with Crippen LogP contribution >= 0.6 is 0 Å². The predicted molar refractivity (Wildman–Crippen MR) is 60.6 cm³/mol. The van der Waals surface area contributed by atoms with Crippen LogP contribution in [0.3, 0.4) is 0 Å². The van der Waals surface area contributed by atoms with Gasteiger partial charge in [-0.05, 0) is 23.4 Å². The molecule has 76 valence electrons. The topological polar surface area (TPSA) is 51.6 Å². The van der Waals surface area contributed by atoms with Crippen molar-refractivity contribution in [3.63, 3.8) is 0 Å². The van der Waals surface area contributed by atoms with E-state index in [-0.39, 0.29) is 0 Å². The van der Waals surface area contributed by atoms with Crippen molar-refractivity contribution in [3.8, 4) is 11.4 Å². The van der Waals surface area contributed by atoms with Crippen LogP contribution in [0, 0.1) is 0 Å². The number of hydrogen-bond donors (Lipinski definition) is 0. The molecule has 0 spiro atoms. The van der Waals surface area contributed by atoms with Crippen LogP contribution in [0.1, 0.15) is 0 Å². The largest absolute Gasteiger partial charge is 0.246 e. The molecule has 0 aliphatic rings. The molecular weight excluding hydrogens is 200 g/mol. The molecule has 3 rings (SSSR count). The summed E-state index contributed by atoms with van der Waals surface area (Å²) in [5.41, 5.74) is 2.51. The van der Waals surface area contributed by atoms with Gasteiger partial charge in [0.15, 0.2) is 0 Å². The molecule has 0 fully saturated rings. The van der Waals surface area contributed by atoms with E-state index in [0.717, 1.165) is 22.3 Å². The Kier molecular flexibility index (Phi) is 2.04. The number of pyridine rings is 1. The van der Waals surface area contributed by atoms with Crippen molar-refractivity contribution < 1.29 is 0 Å². The third kappa shape index (κ3) is 1.50. The third-order valence-electron chi connectivity index (χ3n) is 2.36. The van der Waals surface area contributed by atoms with Crippen molar-refractivity contribution in [3.05, 3.63) is 48.7 Å². The zero-order chi connectivity index (χ0) is 10.8. The maximum Gasteiger partial charge on any atom is 0.115 e. The molecule has 0 unspecified atom stereocenters. The molecule has 0 N–H and O–H groups in total. The summed E-state index contributed by atoms with van der Waals surface area (Å²) in [6.07, 6.45) is 1.61. The molecule has 0 saturated heterocycles. The summed E-state index contributed by atoms with van der Waals surface area (Å²) in [5.74, 6) is 0. The highest BCUT2D eigenvalue weighted by molar-refractivity contribution is 5.80. The lowest BCUT2D eigenvalue weighted by Crippen LogP contribution is -1.91. The van der Waals surface area contributed by atoms with Crippen LogP contribution in [0.2, 0.25) is 0 Å². The van der Waals surface area contributed by atoms with Crippen LogP contribution < -0.4 is 0 Å². The Morgan fingerprint density at radius 1 is 0.812 bits per heavy atom. The number of nitrogens with zero attached hydrogens (tertiary/aromatic N) is 4. The van der Waals surface area contributed by atoms with Gasteiger partial charge >= 0.3 is 0 Å². The quantitative estimate of drug-likeness (QED) is 0.614. The predicted octanol–water partition coefficient (Wildman–Crippen LogP) is 2.09. The summed E-state index contributed by atoms with van der Waals surface area (Å²) >= 11 is 0. The van der Waals surface area contributed by atoms with E-state index < -0.39 is 0 Å². The molecule has 0 saturated carbocycles. The van der Waals surface area contributed by atoms with Crippen LogP contribution in [-0.2, 0) is 0 Å². The maximum absolute atomic E-state index is 4.52. The van der Waals surface area contributed by atoms with E-state index in [4.69, 9.17) is 0 Å². The zero-order valence-electron chi connectivity index (χ0n) is 8.41. The third-order valence-corrected chi connectivity index (χ3v) is 2.36. The van der Waals surface area contributed by atoms with E-state index in [0.29, 0.717) is 0 Å². The smallest absolute Gasteiger partial charge is 0.115 e. The minimum absolute atomic E-state index is 0.737. The van der Waals surface area contributed by atoms with Gasteiger partial charge < -0.3 is 0 Å². The number of rotatable bonds is 1. The fourth-order valence-electron chi connectivity index (χ4n) is 1.59. The van der Waals surface area contributed by atoms with Gasteiger partial charge in [-0.3, -0.25) is 0 Å². The van der Waals surface area contributed by atoms with Crippen molar-refractivity contribution in [2.24, 2.45) is 0 Å². The first-order valence-corrected chi connectivity index (χ1v) is 4.94. The highest BCUT2D eigenvalue weighted by Gasteiger charge is 2.01. The van der Waals surface area contributed by atoms with Gasteiger partial charge in [0.25, 0.3) is 0 Å². The summed E-state index contributed by atoms with van der Waals surface area (Å²) in [4.78, 5) is 4.52. The fourth-order valence-corrected chi connectivity index (χ4v) is 1.59. The standard InChI is InChI=1S/C12H8N4/c1-2-4-10-9(3-1)5-6-11(14-10)12-7-8-13-16-15-12/h1-8H. The zero-order valence-corrected chi connectivity index (χ0v) is 8.41. The number of benzene rings is 1. The van der Waals surface area contributed by atoms with Crippen molar-refractivity contribution >= 4 is 10.9 Å². The molecule has 0 amide bonds. The van der Waals surface area contributed by atoms with Gasteiger partial charge in [0.1, 0.15) is 5.69 Å². The molecule has 0 radical (unpaired) electrons. The van der Waals surface area contributed by atoms with E-state index in [1.54, 1.807) is 12.3 Å². The van der Waals surface area contributed by atoms with Crippen molar-refractivity contribution in [2.75, 3.05) is 0 Å². The highest BCUT2D eigenvalue weighted by atomic mass is 15.3. The average Bonchev–Trinajstić information content (AvgIpc) is 2.39. The van der Waals surface area contributed by atoms with E-state index in [2.05, 4.69) is 20.4 Å². The summed E-state index contributed by atoms with van der Waals surface area (Å²) < 4.78 is 0. The fraction of sp³-hybridized carbons (Fsp3) is 0. The van der Waals surface area contributed by atoms with Crippen LogP contribution in [0.25, 0.3) is 22.3 Å². The van der Waals surface area contributed by atoms with Crippen LogP contribution in [-0.4, -0.2) is 20.4 Å². The normalized spacial score (nSPS) is 10.5. The van der Waals surface area contributed by atoms with Crippen molar-refractivity contribution in [1.29, 1.82) is 0 Å². The lowest BCUT2D eigenvalue weighted by Gasteiger charge is -2.00. The second kappa shape index (κ2) is 3.66. The van der Waals surface area contributed by atoms with E-state index in [1.807, 2.05) is 36.4 Å². The SMILES string of the molecule is c1ccc2nc(-c3ccnnn3)ccc2c1. The minimum atomic E-state index is 0.737. The van der Waals surface area contributed by atoms with Crippen molar-refractivity contribution in [2.45, 2.75) is 0 Å². The first-order chi connectivity index (χ1) is 7.93. The summed E-state index contributed by atoms with van der Waals surface area (Å²) in [6, 6.07) is 13.7.